The normalized spacial score (nSPS) is 10.2. The van der Waals surface area contributed by atoms with E-state index in [1.54, 1.807) is 30.3 Å². The molecule has 0 heterocycles. The molecule has 0 radical (unpaired) electrons. The van der Waals surface area contributed by atoms with E-state index in [1.807, 2.05) is 5.32 Å². The second-order valence-electron chi connectivity index (χ2n) is 4.58. The summed E-state index contributed by atoms with van der Waals surface area (Å²) in [6.45, 7) is -0.0686. The number of halogens is 3. The lowest BCUT2D eigenvalue weighted by Gasteiger charge is -2.13. The number of hydrogen-bond acceptors (Lipinski definition) is 4. The fourth-order valence-electron chi connectivity index (χ4n) is 1.87. The Labute approximate surface area is 144 Å². The number of hydrogen-bond donors (Lipinski definition) is 1. The highest BCUT2D eigenvalue weighted by Crippen LogP contribution is 2.30. The molecule has 0 aliphatic heterocycles. The molecule has 0 aliphatic carbocycles. The molecule has 2 aromatic carbocycles. The van der Waals surface area contributed by atoms with Crippen LogP contribution in [0.25, 0.3) is 0 Å². The van der Waals surface area contributed by atoms with Crippen molar-refractivity contribution in [3.05, 3.63) is 63.6 Å². The van der Waals surface area contributed by atoms with Crippen LogP contribution in [0.1, 0.15) is 15.9 Å². The lowest BCUT2D eigenvalue weighted by atomic mass is 10.1. The number of methoxy groups -OCH3 is 1. The van der Waals surface area contributed by atoms with Crippen LogP contribution in [0, 0.1) is 11.6 Å². The minimum absolute atomic E-state index is 0.0686. The van der Waals surface area contributed by atoms with E-state index in [4.69, 9.17) is 4.74 Å². The van der Waals surface area contributed by atoms with Crippen LogP contribution in [0.2, 0.25) is 0 Å². The first kappa shape index (κ1) is 17.9. The predicted molar refractivity (Wildman–Crippen MR) is 85.6 cm³/mol. The Bertz CT molecular complexity index is 768. The summed E-state index contributed by atoms with van der Waals surface area (Å²) in [7, 11) is 1.01. The van der Waals surface area contributed by atoms with Gasteiger partial charge in [-0.1, -0.05) is 30.3 Å². The smallest absolute Gasteiger partial charge is 0.412 e. The van der Waals surface area contributed by atoms with Gasteiger partial charge in [-0.3, -0.25) is 5.32 Å². The summed E-state index contributed by atoms with van der Waals surface area (Å²) in [5.41, 5.74) is -0.676. The fraction of sp³-hybridized carbons (Fsp3) is 0.125. The Morgan fingerprint density at radius 3 is 2.50 bits per heavy atom. The van der Waals surface area contributed by atoms with Crippen molar-refractivity contribution in [2.45, 2.75) is 6.61 Å². The Morgan fingerprint density at radius 1 is 1.21 bits per heavy atom. The third-order valence-corrected chi connectivity index (χ3v) is 3.58. The van der Waals surface area contributed by atoms with Gasteiger partial charge in [0.05, 0.1) is 17.3 Å². The number of ether oxygens (including phenoxy) is 2. The van der Waals surface area contributed by atoms with Crippen molar-refractivity contribution in [1.29, 1.82) is 0 Å². The second-order valence-corrected chi connectivity index (χ2v) is 5.44. The summed E-state index contributed by atoms with van der Waals surface area (Å²) in [6, 6.07) is 9.56. The molecular formula is C16H12BrF2NO4. The number of carbonyl (C=O) groups excluding carboxylic acids is 2. The van der Waals surface area contributed by atoms with Gasteiger partial charge in [0.25, 0.3) is 0 Å². The van der Waals surface area contributed by atoms with Crippen molar-refractivity contribution in [3.8, 4) is 0 Å². The van der Waals surface area contributed by atoms with Crippen LogP contribution in [0.3, 0.4) is 0 Å². The summed E-state index contributed by atoms with van der Waals surface area (Å²) >= 11 is 2.79. The van der Waals surface area contributed by atoms with Gasteiger partial charge in [0, 0.05) is 0 Å². The lowest BCUT2D eigenvalue weighted by Crippen LogP contribution is -2.19. The van der Waals surface area contributed by atoms with E-state index in [2.05, 4.69) is 20.7 Å². The molecule has 0 bridgehead atoms. The molecule has 0 saturated heterocycles. The van der Waals surface area contributed by atoms with Gasteiger partial charge >= 0.3 is 12.1 Å². The van der Waals surface area contributed by atoms with E-state index in [1.165, 1.54) is 0 Å². The molecule has 0 spiro atoms. The molecule has 1 amide bonds. The summed E-state index contributed by atoms with van der Waals surface area (Å²) < 4.78 is 37.2. The molecule has 0 saturated carbocycles. The number of carbonyl (C=O) groups is 2. The Kier molecular flexibility index (Phi) is 5.86. The van der Waals surface area contributed by atoms with Crippen molar-refractivity contribution >= 4 is 33.7 Å². The molecule has 2 rings (SSSR count). The monoisotopic (exact) mass is 399 g/mol. The van der Waals surface area contributed by atoms with Crippen molar-refractivity contribution < 1.29 is 27.8 Å². The number of rotatable bonds is 4. The SMILES string of the molecule is COC(=O)c1c(F)c(Br)cc(F)c1NC(=O)OCc1ccccc1. The van der Waals surface area contributed by atoms with Crippen LogP contribution in [0.4, 0.5) is 19.3 Å². The molecule has 0 fully saturated rings. The van der Waals surface area contributed by atoms with Crippen LogP contribution in [-0.2, 0) is 16.1 Å². The van der Waals surface area contributed by atoms with Gasteiger partial charge in [-0.05, 0) is 27.6 Å². The number of amides is 1. The number of benzene rings is 2. The maximum Gasteiger partial charge on any atom is 0.412 e. The zero-order valence-electron chi connectivity index (χ0n) is 12.4. The average Bonchev–Trinajstić information content (AvgIpc) is 2.58. The van der Waals surface area contributed by atoms with E-state index in [9.17, 15) is 18.4 Å². The topological polar surface area (TPSA) is 64.6 Å². The van der Waals surface area contributed by atoms with Crippen LogP contribution in [-0.4, -0.2) is 19.2 Å². The van der Waals surface area contributed by atoms with Crippen molar-refractivity contribution in [2.75, 3.05) is 12.4 Å². The standard InChI is InChI=1S/C16H12BrF2NO4/c1-23-15(21)12-13(19)10(17)7-11(18)14(12)20-16(22)24-8-9-5-3-2-4-6-9/h2-7H,8H2,1H3,(H,20,22). The molecule has 126 valence electrons. The first-order chi connectivity index (χ1) is 11.4. The number of nitrogens with one attached hydrogen (secondary N) is 1. The van der Waals surface area contributed by atoms with Crippen LogP contribution in [0.15, 0.2) is 40.9 Å². The molecule has 24 heavy (non-hydrogen) atoms. The Balaban J connectivity index is 2.20. The molecule has 0 unspecified atom stereocenters. The van der Waals surface area contributed by atoms with E-state index in [0.717, 1.165) is 13.2 Å². The molecule has 5 nitrogen and oxygen atoms in total. The Morgan fingerprint density at radius 2 is 1.88 bits per heavy atom. The molecule has 0 aliphatic rings. The van der Waals surface area contributed by atoms with Gasteiger partial charge in [0.15, 0.2) is 5.82 Å². The van der Waals surface area contributed by atoms with Gasteiger partial charge in [-0.2, -0.15) is 0 Å². The van der Waals surface area contributed by atoms with Gasteiger partial charge in [-0.15, -0.1) is 0 Å². The molecular weight excluding hydrogens is 388 g/mol. The van der Waals surface area contributed by atoms with Gasteiger partial charge in [-0.25, -0.2) is 18.4 Å². The van der Waals surface area contributed by atoms with Crippen molar-refractivity contribution in [3.63, 3.8) is 0 Å². The summed E-state index contributed by atoms with van der Waals surface area (Å²) in [4.78, 5) is 23.5. The minimum Gasteiger partial charge on any atom is -0.465 e. The second kappa shape index (κ2) is 7.87. The van der Waals surface area contributed by atoms with Crippen LogP contribution in [0.5, 0.6) is 0 Å². The maximum absolute atomic E-state index is 14.1. The summed E-state index contributed by atoms with van der Waals surface area (Å²) in [5, 5.41) is 2.03. The quantitative estimate of drug-likeness (QED) is 0.615. The maximum atomic E-state index is 14.1. The first-order valence-electron chi connectivity index (χ1n) is 6.67. The predicted octanol–water partition coefficient (Wildman–Crippen LogP) is 4.26. The number of anilines is 1. The molecule has 8 heteroatoms. The highest BCUT2D eigenvalue weighted by molar-refractivity contribution is 9.10. The molecule has 1 N–H and O–H groups in total. The third-order valence-electron chi connectivity index (χ3n) is 3.00. The summed E-state index contributed by atoms with van der Waals surface area (Å²) in [6.07, 6.45) is -1.04. The van der Waals surface area contributed by atoms with E-state index in [-0.39, 0.29) is 11.1 Å². The van der Waals surface area contributed by atoms with E-state index >= 15 is 0 Å². The fourth-order valence-corrected chi connectivity index (χ4v) is 2.27. The largest absolute Gasteiger partial charge is 0.465 e. The molecule has 0 aromatic heterocycles. The number of esters is 1. The van der Waals surface area contributed by atoms with Gasteiger partial charge < -0.3 is 9.47 Å². The van der Waals surface area contributed by atoms with Crippen LogP contribution < -0.4 is 5.32 Å². The van der Waals surface area contributed by atoms with E-state index < -0.39 is 34.9 Å². The zero-order valence-corrected chi connectivity index (χ0v) is 14.0. The minimum atomic E-state index is -1.13. The molecule has 2 aromatic rings. The van der Waals surface area contributed by atoms with Crippen molar-refractivity contribution in [1.82, 2.24) is 0 Å². The van der Waals surface area contributed by atoms with Crippen molar-refractivity contribution in [2.24, 2.45) is 0 Å². The first-order valence-corrected chi connectivity index (χ1v) is 7.46. The third kappa shape index (κ3) is 4.08. The summed E-state index contributed by atoms with van der Waals surface area (Å²) in [5.74, 6) is -3.20. The average molecular weight is 400 g/mol. The van der Waals surface area contributed by atoms with Gasteiger partial charge in [0.1, 0.15) is 18.0 Å². The highest BCUT2D eigenvalue weighted by Gasteiger charge is 2.25. The molecule has 0 atom stereocenters. The highest BCUT2D eigenvalue weighted by atomic mass is 79.9. The Hall–Kier alpha value is -2.48. The zero-order chi connectivity index (χ0) is 17.7. The van der Waals surface area contributed by atoms with Crippen LogP contribution >= 0.6 is 15.9 Å². The van der Waals surface area contributed by atoms with E-state index in [0.29, 0.717) is 5.56 Å². The van der Waals surface area contributed by atoms with Gasteiger partial charge in [0.2, 0.25) is 0 Å². The lowest BCUT2D eigenvalue weighted by molar-refractivity contribution is 0.0596.